The minimum atomic E-state index is -1.05. The van der Waals surface area contributed by atoms with Gasteiger partial charge in [0.25, 0.3) is 0 Å². The van der Waals surface area contributed by atoms with Crippen LogP contribution in [0.1, 0.15) is 48.9 Å². The molecule has 1 fully saturated rings. The Labute approximate surface area is 169 Å². The normalized spacial score (nSPS) is 19.9. The molecule has 3 atom stereocenters. The third-order valence-corrected chi connectivity index (χ3v) is 4.84. The van der Waals surface area contributed by atoms with E-state index in [0.717, 1.165) is 0 Å². The Morgan fingerprint density at radius 3 is 2.64 bits per heavy atom. The molecule has 1 amide bonds. The van der Waals surface area contributed by atoms with Crippen LogP contribution >= 0.6 is 12.4 Å². The highest BCUT2D eigenvalue weighted by Gasteiger charge is 2.31. The van der Waals surface area contributed by atoms with E-state index in [2.05, 4.69) is 15.6 Å². The van der Waals surface area contributed by atoms with E-state index in [9.17, 15) is 13.6 Å². The van der Waals surface area contributed by atoms with Crippen molar-refractivity contribution in [3.05, 3.63) is 59.0 Å². The van der Waals surface area contributed by atoms with E-state index in [1.165, 1.54) is 6.07 Å². The fourth-order valence-electron chi connectivity index (χ4n) is 3.34. The maximum atomic E-state index is 14.5. The summed E-state index contributed by atoms with van der Waals surface area (Å²) in [5, 5.41) is 5.73. The SMILES string of the molecule is CC(C)c1ccc([C@@H](NC(=O)[C@@H]2C[C@@H](F)CN2)c2cccnc2N)cc1F.Cl. The number of nitrogen functional groups attached to an aromatic ring is 1. The van der Waals surface area contributed by atoms with Crippen LogP contribution in [0.5, 0.6) is 0 Å². The Hall–Kier alpha value is -2.25. The molecular weight excluding hydrogens is 386 g/mol. The highest BCUT2D eigenvalue weighted by Crippen LogP contribution is 2.29. The molecule has 1 aliphatic rings. The summed E-state index contributed by atoms with van der Waals surface area (Å²) in [7, 11) is 0. The van der Waals surface area contributed by atoms with Gasteiger partial charge in [0.05, 0.1) is 12.1 Å². The number of nitrogens with one attached hydrogen (secondary N) is 2. The van der Waals surface area contributed by atoms with Crippen molar-refractivity contribution in [3.8, 4) is 0 Å². The molecule has 0 radical (unpaired) electrons. The number of aromatic nitrogens is 1. The number of nitrogens with two attached hydrogens (primary N) is 1. The molecule has 0 unspecified atom stereocenters. The zero-order chi connectivity index (χ0) is 19.6. The molecule has 8 heteroatoms. The van der Waals surface area contributed by atoms with Gasteiger partial charge in [0, 0.05) is 24.7 Å². The molecule has 28 heavy (non-hydrogen) atoms. The van der Waals surface area contributed by atoms with Crippen molar-refractivity contribution in [2.45, 2.75) is 44.4 Å². The molecule has 2 aromatic rings. The van der Waals surface area contributed by atoms with Gasteiger partial charge in [0.1, 0.15) is 17.8 Å². The van der Waals surface area contributed by atoms with Crippen LogP contribution in [0.2, 0.25) is 0 Å². The van der Waals surface area contributed by atoms with Gasteiger partial charge >= 0.3 is 0 Å². The highest BCUT2D eigenvalue weighted by molar-refractivity contribution is 5.85. The lowest BCUT2D eigenvalue weighted by atomic mass is 9.94. The fourth-order valence-corrected chi connectivity index (χ4v) is 3.34. The summed E-state index contributed by atoms with van der Waals surface area (Å²) in [6.45, 7) is 3.97. The monoisotopic (exact) mass is 410 g/mol. The molecule has 0 spiro atoms. The summed E-state index contributed by atoms with van der Waals surface area (Å²) in [6.07, 6.45) is 0.610. The number of nitrogens with zero attached hydrogens (tertiary/aromatic N) is 1. The molecular formula is C20H25ClF2N4O. The summed E-state index contributed by atoms with van der Waals surface area (Å²) < 4.78 is 28.0. The number of pyridine rings is 1. The lowest BCUT2D eigenvalue weighted by Gasteiger charge is -2.23. The standard InChI is InChI=1S/C20H24F2N4O.ClH/c1-11(2)14-6-5-12(8-16(14)22)18(15-4-3-7-24-19(15)23)26-20(27)17-9-13(21)10-25-17;/h3-8,11,13,17-18,25H,9-10H2,1-2H3,(H2,23,24)(H,26,27);1H/t13-,17+,18-;/m1./s1. The Morgan fingerprint density at radius 1 is 1.32 bits per heavy atom. The van der Waals surface area contributed by atoms with Gasteiger partial charge in [-0.05, 0) is 29.2 Å². The van der Waals surface area contributed by atoms with Crippen molar-refractivity contribution >= 4 is 24.1 Å². The lowest BCUT2D eigenvalue weighted by Crippen LogP contribution is -2.42. The predicted octanol–water partition coefficient (Wildman–Crippen LogP) is 3.25. The number of halogens is 3. The van der Waals surface area contributed by atoms with E-state index in [-0.39, 0.29) is 48.8 Å². The van der Waals surface area contributed by atoms with Crippen molar-refractivity contribution in [1.82, 2.24) is 15.6 Å². The quantitative estimate of drug-likeness (QED) is 0.706. The van der Waals surface area contributed by atoms with Crippen molar-refractivity contribution in [3.63, 3.8) is 0 Å². The van der Waals surface area contributed by atoms with E-state index in [1.54, 1.807) is 30.5 Å². The molecule has 1 aromatic heterocycles. The second-order valence-corrected chi connectivity index (χ2v) is 7.15. The molecule has 4 N–H and O–H groups in total. The molecule has 1 aromatic carbocycles. The van der Waals surface area contributed by atoms with E-state index in [0.29, 0.717) is 16.7 Å². The van der Waals surface area contributed by atoms with E-state index >= 15 is 0 Å². The number of rotatable bonds is 5. The van der Waals surface area contributed by atoms with Gasteiger partial charge in [-0.2, -0.15) is 0 Å². The van der Waals surface area contributed by atoms with Crippen LogP contribution in [0, 0.1) is 5.82 Å². The number of hydrogen-bond acceptors (Lipinski definition) is 4. The number of anilines is 1. The molecule has 1 saturated heterocycles. The lowest BCUT2D eigenvalue weighted by molar-refractivity contribution is -0.123. The first-order valence-corrected chi connectivity index (χ1v) is 9.04. The van der Waals surface area contributed by atoms with Gasteiger partial charge in [-0.15, -0.1) is 12.4 Å². The van der Waals surface area contributed by atoms with Crippen LogP contribution in [-0.2, 0) is 4.79 Å². The molecule has 1 aliphatic heterocycles. The molecule has 0 bridgehead atoms. The molecule has 2 heterocycles. The predicted molar refractivity (Wildman–Crippen MR) is 108 cm³/mol. The number of benzene rings is 1. The number of amides is 1. The van der Waals surface area contributed by atoms with E-state index < -0.39 is 18.3 Å². The summed E-state index contributed by atoms with van der Waals surface area (Å²) in [4.78, 5) is 16.7. The highest BCUT2D eigenvalue weighted by atomic mass is 35.5. The zero-order valence-corrected chi connectivity index (χ0v) is 16.6. The maximum Gasteiger partial charge on any atom is 0.238 e. The Bertz CT molecular complexity index is 834. The van der Waals surface area contributed by atoms with Crippen LogP contribution < -0.4 is 16.4 Å². The first-order chi connectivity index (χ1) is 12.9. The average molecular weight is 411 g/mol. The minimum absolute atomic E-state index is 0. The van der Waals surface area contributed by atoms with Crippen LogP contribution in [0.3, 0.4) is 0 Å². The molecule has 5 nitrogen and oxygen atoms in total. The number of hydrogen-bond donors (Lipinski definition) is 3. The topological polar surface area (TPSA) is 80.0 Å². The summed E-state index contributed by atoms with van der Waals surface area (Å²) >= 11 is 0. The van der Waals surface area contributed by atoms with Gasteiger partial charge in [0.15, 0.2) is 0 Å². The van der Waals surface area contributed by atoms with Crippen LogP contribution in [-0.4, -0.2) is 29.6 Å². The fraction of sp³-hybridized carbons (Fsp3) is 0.400. The summed E-state index contributed by atoms with van der Waals surface area (Å²) in [5.74, 6) is -0.401. The molecule has 0 saturated carbocycles. The average Bonchev–Trinajstić information content (AvgIpc) is 3.06. The zero-order valence-electron chi connectivity index (χ0n) is 15.8. The van der Waals surface area contributed by atoms with Gasteiger partial charge in [-0.25, -0.2) is 13.8 Å². The smallest absolute Gasteiger partial charge is 0.238 e. The van der Waals surface area contributed by atoms with Crippen LogP contribution in [0.4, 0.5) is 14.6 Å². The Balaban J connectivity index is 0.00000280. The first-order valence-electron chi connectivity index (χ1n) is 9.04. The second-order valence-electron chi connectivity index (χ2n) is 7.15. The summed E-state index contributed by atoms with van der Waals surface area (Å²) in [5.41, 5.74) is 7.71. The third-order valence-electron chi connectivity index (χ3n) is 4.84. The molecule has 0 aliphatic carbocycles. The third kappa shape index (κ3) is 4.77. The van der Waals surface area contributed by atoms with Crippen molar-refractivity contribution < 1.29 is 13.6 Å². The van der Waals surface area contributed by atoms with E-state index in [1.807, 2.05) is 13.8 Å². The number of carbonyl (C=O) groups excluding carboxylic acids is 1. The number of carbonyl (C=O) groups is 1. The minimum Gasteiger partial charge on any atom is -0.383 e. The van der Waals surface area contributed by atoms with Gasteiger partial charge in [-0.3, -0.25) is 4.79 Å². The number of alkyl halides is 1. The van der Waals surface area contributed by atoms with Crippen molar-refractivity contribution in [1.29, 1.82) is 0 Å². The largest absolute Gasteiger partial charge is 0.383 e. The van der Waals surface area contributed by atoms with Crippen LogP contribution in [0.25, 0.3) is 0 Å². The van der Waals surface area contributed by atoms with Crippen molar-refractivity contribution in [2.24, 2.45) is 0 Å². The van der Waals surface area contributed by atoms with Crippen LogP contribution in [0.15, 0.2) is 36.5 Å². The Kier molecular flexibility index (Phi) is 7.32. The molecule has 152 valence electrons. The Morgan fingerprint density at radius 2 is 2.07 bits per heavy atom. The maximum absolute atomic E-state index is 14.5. The van der Waals surface area contributed by atoms with Gasteiger partial charge in [0.2, 0.25) is 5.91 Å². The van der Waals surface area contributed by atoms with Gasteiger partial charge < -0.3 is 16.4 Å². The first kappa shape index (κ1) is 22.0. The molecule has 3 rings (SSSR count). The van der Waals surface area contributed by atoms with E-state index in [4.69, 9.17) is 5.73 Å². The summed E-state index contributed by atoms with van der Waals surface area (Å²) in [6, 6.07) is 7.04. The second kappa shape index (κ2) is 9.30. The van der Waals surface area contributed by atoms with Crippen molar-refractivity contribution in [2.75, 3.05) is 12.3 Å². The van der Waals surface area contributed by atoms with Gasteiger partial charge in [-0.1, -0.05) is 32.0 Å².